The van der Waals surface area contributed by atoms with Crippen molar-refractivity contribution < 1.29 is 18.7 Å². The number of hydrogen-bond acceptors (Lipinski definition) is 6. The Kier molecular flexibility index (Phi) is 6.76. The summed E-state index contributed by atoms with van der Waals surface area (Å²) >= 11 is 0. The van der Waals surface area contributed by atoms with Gasteiger partial charge >= 0.3 is 0 Å². The molecule has 5 rings (SSSR count). The number of carbonyl (C=O) groups excluding carboxylic acids is 1. The molecule has 0 radical (unpaired) electrons. The highest BCUT2D eigenvalue weighted by Crippen LogP contribution is 2.38. The minimum atomic E-state index is -0.297. The van der Waals surface area contributed by atoms with Crippen LogP contribution in [0.5, 0.6) is 11.5 Å². The fourth-order valence-electron chi connectivity index (χ4n) is 4.56. The third kappa shape index (κ3) is 5.25. The highest BCUT2D eigenvalue weighted by atomic mass is 19.1. The molecule has 2 atom stereocenters. The lowest BCUT2D eigenvalue weighted by Crippen LogP contribution is -2.28. The van der Waals surface area contributed by atoms with Crippen molar-refractivity contribution >= 4 is 17.8 Å². The van der Waals surface area contributed by atoms with Crippen LogP contribution in [0.4, 0.5) is 16.3 Å². The van der Waals surface area contributed by atoms with Gasteiger partial charge in [-0.3, -0.25) is 10.1 Å². The molecule has 0 saturated heterocycles. The predicted molar refractivity (Wildman–Crippen MR) is 139 cm³/mol. The van der Waals surface area contributed by atoms with Crippen molar-refractivity contribution in [1.29, 1.82) is 0 Å². The molecule has 1 amide bonds. The van der Waals surface area contributed by atoms with E-state index in [2.05, 4.69) is 45.0 Å². The second-order valence-electron chi connectivity index (χ2n) is 9.03. The van der Waals surface area contributed by atoms with Gasteiger partial charge in [0.25, 0.3) is 5.95 Å². The van der Waals surface area contributed by atoms with Crippen molar-refractivity contribution in [3.05, 3.63) is 94.8 Å². The largest absolute Gasteiger partial charge is 0.493 e. The van der Waals surface area contributed by atoms with Crippen LogP contribution in [-0.2, 0) is 11.2 Å². The van der Waals surface area contributed by atoms with E-state index in [4.69, 9.17) is 9.47 Å². The molecule has 8 nitrogen and oxygen atoms in total. The number of benzene rings is 3. The minimum absolute atomic E-state index is 0.0253. The van der Waals surface area contributed by atoms with Crippen LogP contribution in [0.1, 0.15) is 40.8 Å². The Balaban J connectivity index is 1.39. The molecule has 2 N–H and O–H groups in total. The zero-order valence-corrected chi connectivity index (χ0v) is 20.9. The van der Waals surface area contributed by atoms with Crippen molar-refractivity contribution in [2.75, 3.05) is 24.9 Å². The van der Waals surface area contributed by atoms with Crippen LogP contribution in [0.3, 0.4) is 0 Å². The third-order valence-electron chi connectivity index (χ3n) is 6.49. The number of aromatic nitrogens is 3. The van der Waals surface area contributed by atoms with E-state index in [0.717, 1.165) is 16.7 Å². The van der Waals surface area contributed by atoms with Crippen LogP contribution in [0.2, 0.25) is 0 Å². The van der Waals surface area contributed by atoms with Crippen molar-refractivity contribution in [3.8, 4) is 11.5 Å². The van der Waals surface area contributed by atoms with Crippen LogP contribution in [0.25, 0.3) is 0 Å². The Labute approximate surface area is 214 Å². The molecular formula is C28H28FN5O3. The number of ether oxygens (including phenoxy) is 2. The van der Waals surface area contributed by atoms with E-state index in [1.54, 1.807) is 43.2 Å². The van der Waals surface area contributed by atoms with Crippen LogP contribution >= 0.6 is 0 Å². The van der Waals surface area contributed by atoms with E-state index < -0.39 is 0 Å². The highest BCUT2D eigenvalue weighted by Gasteiger charge is 2.31. The highest BCUT2D eigenvalue weighted by molar-refractivity contribution is 5.90. The Hall–Kier alpha value is -4.40. The van der Waals surface area contributed by atoms with Crippen LogP contribution < -0.4 is 20.1 Å². The van der Waals surface area contributed by atoms with Crippen LogP contribution in [-0.4, -0.2) is 34.9 Å². The van der Waals surface area contributed by atoms with Crippen molar-refractivity contribution in [3.63, 3.8) is 0 Å². The number of aryl methyl sites for hydroxylation is 1. The topological polar surface area (TPSA) is 90.3 Å². The summed E-state index contributed by atoms with van der Waals surface area (Å²) in [5, 5.41) is 10.8. The summed E-state index contributed by atoms with van der Waals surface area (Å²) < 4.78 is 26.0. The number of anilines is 2. The molecule has 0 saturated carbocycles. The van der Waals surface area contributed by atoms with Gasteiger partial charge in [-0.15, -0.1) is 5.10 Å². The van der Waals surface area contributed by atoms with Gasteiger partial charge in [-0.2, -0.15) is 4.98 Å². The average molecular weight is 502 g/mol. The molecule has 0 spiro atoms. The molecule has 0 aliphatic carbocycles. The Morgan fingerprint density at radius 3 is 2.43 bits per heavy atom. The van der Waals surface area contributed by atoms with Gasteiger partial charge in [-0.1, -0.05) is 48.0 Å². The number of rotatable bonds is 7. The third-order valence-corrected chi connectivity index (χ3v) is 6.49. The van der Waals surface area contributed by atoms with Crippen LogP contribution in [0.15, 0.2) is 66.7 Å². The summed E-state index contributed by atoms with van der Waals surface area (Å²) in [5.74, 6) is 1.32. The summed E-state index contributed by atoms with van der Waals surface area (Å²) in [6.07, 6.45) is 0.801. The Bertz CT molecular complexity index is 1400. The molecule has 2 heterocycles. The number of halogens is 1. The summed E-state index contributed by atoms with van der Waals surface area (Å²) in [5.41, 5.74) is 3.97. The van der Waals surface area contributed by atoms with E-state index in [1.165, 1.54) is 17.7 Å². The molecule has 37 heavy (non-hydrogen) atoms. The first kappa shape index (κ1) is 24.3. The first-order valence-electron chi connectivity index (χ1n) is 12.0. The summed E-state index contributed by atoms with van der Waals surface area (Å²) in [4.78, 5) is 17.4. The molecule has 190 valence electrons. The van der Waals surface area contributed by atoms with Crippen molar-refractivity contribution in [2.45, 2.75) is 31.8 Å². The zero-order valence-electron chi connectivity index (χ0n) is 20.9. The van der Waals surface area contributed by atoms with Gasteiger partial charge in [0, 0.05) is 0 Å². The molecule has 1 aromatic heterocycles. The molecule has 9 heteroatoms. The van der Waals surface area contributed by atoms with E-state index in [9.17, 15) is 9.18 Å². The second kappa shape index (κ2) is 10.3. The minimum Gasteiger partial charge on any atom is -0.493 e. The lowest BCUT2D eigenvalue weighted by Gasteiger charge is -2.31. The van der Waals surface area contributed by atoms with Gasteiger partial charge in [0.05, 0.1) is 32.7 Å². The van der Waals surface area contributed by atoms with Gasteiger partial charge < -0.3 is 14.8 Å². The van der Waals surface area contributed by atoms with E-state index >= 15 is 0 Å². The number of nitrogens with zero attached hydrogens (tertiary/aromatic N) is 3. The molecule has 1 aliphatic heterocycles. The number of fused-ring (bicyclic) bond motifs is 1. The maximum Gasteiger partial charge on any atom is 0.250 e. The van der Waals surface area contributed by atoms with E-state index in [0.29, 0.717) is 23.9 Å². The monoisotopic (exact) mass is 501 g/mol. The Morgan fingerprint density at radius 2 is 1.73 bits per heavy atom. The van der Waals surface area contributed by atoms with Gasteiger partial charge in [-0.25, -0.2) is 9.07 Å². The molecule has 3 aromatic carbocycles. The summed E-state index contributed by atoms with van der Waals surface area (Å²) in [6.45, 7) is 2.05. The standard InChI is InChI=1S/C28H28FN5O3/c1-17-4-7-19(8-5-17)22-16-23(20-9-11-21(29)12-10-20)34-28(30-22)32-27(33-34)31-26(35)15-18-6-13-24(36-2)25(14-18)37-3/h4-14,22-23H,15-16H2,1-3H3,(H2,30,31,32,33,35)/t22-,23-/m0/s1. The quantitative estimate of drug-likeness (QED) is 0.368. The number of methoxy groups -OCH3 is 2. The molecular weight excluding hydrogens is 473 g/mol. The molecule has 0 unspecified atom stereocenters. The smallest absolute Gasteiger partial charge is 0.250 e. The van der Waals surface area contributed by atoms with Gasteiger partial charge in [0.15, 0.2) is 11.5 Å². The maximum absolute atomic E-state index is 13.6. The average Bonchev–Trinajstić information content (AvgIpc) is 3.31. The summed E-state index contributed by atoms with van der Waals surface area (Å²) in [6, 6.07) is 19.9. The molecule has 4 aromatic rings. The lowest BCUT2D eigenvalue weighted by molar-refractivity contribution is -0.115. The fraction of sp³-hybridized carbons (Fsp3) is 0.250. The second-order valence-corrected chi connectivity index (χ2v) is 9.03. The van der Waals surface area contributed by atoms with Crippen molar-refractivity contribution in [2.24, 2.45) is 0 Å². The van der Waals surface area contributed by atoms with Crippen LogP contribution in [0, 0.1) is 12.7 Å². The van der Waals surface area contributed by atoms with Gasteiger partial charge in [0.2, 0.25) is 11.9 Å². The van der Waals surface area contributed by atoms with Gasteiger partial charge in [-0.05, 0) is 54.3 Å². The maximum atomic E-state index is 13.6. The molecule has 1 aliphatic rings. The normalized spacial score (nSPS) is 16.4. The molecule has 0 fully saturated rings. The summed E-state index contributed by atoms with van der Waals surface area (Å²) in [7, 11) is 3.11. The van der Waals surface area contributed by atoms with Gasteiger partial charge in [0.1, 0.15) is 5.82 Å². The van der Waals surface area contributed by atoms with Crippen molar-refractivity contribution in [1.82, 2.24) is 14.8 Å². The first-order valence-corrected chi connectivity index (χ1v) is 12.0. The SMILES string of the molecule is COc1ccc(CC(=O)Nc2nc3n(n2)[C@H](c2ccc(F)cc2)C[C@@H](c2ccc(C)cc2)N3)cc1OC. The fourth-order valence-corrected chi connectivity index (χ4v) is 4.56. The number of nitrogens with one attached hydrogen (secondary N) is 2. The van der Waals surface area contributed by atoms with E-state index in [1.807, 2.05) is 13.0 Å². The number of amides is 1. The zero-order chi connectivity index (χ0) is 25.9. The predicted octanol–water partition coefficient (Wildman–Crippen LogP) is 5.07. The first-order chi connectivity index (χ1) is 17.9. The van der Waals surface area contributed by atoms with E-state index in [-0.39, 0.29) is 36.2 Å². The number of hydrogen-bond donors (Lipinski definition) is 2. The lowest BCUT2D eigenvalue weighted by atomic mass is 9.93. The molecule has 0 bridgehead atoms. The number of carbonyl (C=O) groups is 1. The Morgan fingerprint density at radius 1 is 1.03 bits per heavy atom.